The molecule has 3 N–H and O–H groups in total. The summed E-state index contributed by atoms with van der Waals surface area (Å²) < 4.78 is 1.48. The molecule has 0 aromatic carbocycles. The van der Waals surface area contributed by atoms with Crippen molar-refractivity contribution < 1.29 is 9.90 Å². The van der Waals surface area contributed by atoms with Crippen molar-refractivity contribution >= 4 is 34.8 Å². The minimum Gasteiger partial charge on any atom is -0.391 e. The summed E-state index contributed by atoms with van der Waals surface area (Å²) >= 11 is 0. The monoisotopic (exact) mass is 489 g/mol. The third-order valence-corrected chi connectivity index (χ3v) is 6.74. The van der Waals surface area contributed by atoms with Crippen LogP contribution in [0.2, 0.25) is 0 Å². The maximum absolute atomic E-state index is 13.0. The first kappa shape index (κ1) is 23.8. The van der Waals surface area contributed by atoms with E-state index in [4.69, 9.17) is 4.98 Å². The fourth-order valence-electron chi connectivity index (χ4n) is 4.83. The van der Waals surface area contributed by atoms with Crippen molar-refractivity contribution in [3.63, 3.8) is 0 Å². The first-order valence-corrected chi connectivity index (χ1v) is 12.3. The molecule has 2 amide bonds. The van der Waals surface area contributed by atoms with Crippen LogP contribution in [-0.2, 0) is 0 Å². The summed E-state index contributed by atoms with van der Waals surface area (Å²) in [4.78, 5) is 25.6. The molecule has 4 heterocycles. The molecule has 5 rings (SSSR count). The predicted molar refractivity (Wildman–Crippen MR) is 136 cm³/mol. The number of nitrogens with one attached hydrogen (secondary N) is 2. The van der Waals surface area contributed by atoms with E-state index in [0.29, 0.717) is 47.6 Å². The molecule has 11 heteroatoms. The Morgan fingerprint density at radius 3 is 2.69 bits per heavy atom. The number of hydrogen-bond donors (Lipinski definition) is 3. The van der Waals surface area contributed by atoms with E-state index >= 15 is 0 Å². The number of aliphatic hydroxyl groups excluding tert-OH is 1. The van der Waals surface area contributed by atoms with Gasteiger partial charge in [0.05, 0.1) is 24.0 Å². The number of hydrogen-bond acceptors (Lipinski definition) is 8. The van der Waals surface area contributed by atoms with Crippen LogP contribution >= 0.6 is 0 Å². The van der Waals surface area contributed by atoms with Gasteiger partial charge in [0.25, 0.3) is 0 Å². The van der Waals surface area contributed by atoms with Crippen LogP contribution in [-0.4, -0.2) is 66.4 Å². The van der Waals surface area contributed by atoms with Gasteiger partial charge in [0.15, 0.2) is 11.3 Å². The Bertz CT molecular complexity index is 1320. The molecule has 2 atom stereocenters. The van der Waals surface area contributed by atoms with Crippen LogP contribution in [0.25, 0.3) is 5.65 Å². The van der Waals surface area contributed by atoms with Crippen molar-refractivity contribution in [2.45, 2.75) is 64.1 Å². The largest absolute Gasteiger partial charge is 0.391 e. The number of carbonyl (C=O) groups excluding carboxylic acids is 1. The fraction of sp³-hybridized carbons (Fsp3) is 0.480. The number of anilines is 4. The number of amides is 2. The highest BCUT2D eigenvalue weighted by molar-refractivity contribution is 5.94. The van der Waals surface area contributed by atoms with Crippen LogP contribution < -0.4 is 15.5 Å². The number of imidazole rings is 1. The van der Waals surface area contributed by atoms with Gasteiger partial charge >= 0.3 is 6.03 Å². The van der Waals surface area contributed by atoms with Gasteiger partial charge in [-0.1, -0.05) is 18.9 Å². The molecule has 2 fully saturated rings. The number of nitrogens with zero attached hydrogens (tertiary/aromatic N) is 7. The van der Waals surface area contributed by atoms with Crippen molar-refractivity contribution in [1.29, 1.82) is 5.26 Å². The Morgan fingerprint density at radius 1 is 1.17 bits per heavy atom. The van der Waals surface area contributed by atoms with Crippen LogP contribution in [0.4, 0.5) is 27.9 Å². The van der Waals surface area contributed by atoms with Crippen molar-refractivity contribution in [2.24, 2.45) is 0 Å². The van der Waals surface area contributed by atoms with Gasteiger partial charge in [-0.15, -0.1) is 5.10 Å². The second kappa shape index (κ2) is 9.28. The molecule has 0 bridgehead atoms. The first-order valence-electron chi connectivity index (χ1n) is 12.3. The van der Waals surface area contributed by atoms with Crippen molar-refractivity contribution in [3.8, 4) is 6.07 Å². The molecule has 1 aliphatic heterocycles. The summed E-state index contributed by atoms with van der Waals surface area (Å²) in [6, 6.07) is 9.22. The topological polar surface area (TPSA) is 135 Å². The molecule has 0 spiro atoms. The lowest BCUT2D eigenvalue weighted by Gasteiger charge is -2.31. The molecule has 0 radical (unpaired) electrons. The molecule has 1 saturated heterocycles. The molecule has 1 aliphatic carbocycles. The van der Waals surface area contributed by atoms with E-state index in [2.05, 4.69) is 26.8 Å². The summed E-state index contributed by atoms with van der Waals surface area (Å²) in [5, 5.41) is 31.1. The Labute approximate surface area is 209 Å². The lowest BCUT2D eigenvalue weighted by molar-refractivity contribution is 0.116. The Balaban J connectivity index is 1.44. The fourth-order valence-corrected chi connectivity index (χ4v) is 4.83. The first-order chi connectivity index (χ1) is 17.2. The van der Waals surface area contributed by atoms with Gasteiger partial charge in [0, 0.05) is 24.7 Å². The molecular formula is C25H31N9O2. The highest BCUT2D eigenvalue weighted by Crippen LogP contribution is 2.29. The molecule has 0 unspecified atom stereocenters. The number of rotatable bonds is 5. The highest BCUT2D eigenvalue weighted by Gasteiger charge is 2.37. The Hall–Kier alpha value is -3.91. The summed E-state index contributed by atoms with van der Waals surface area (Å²) in [7, 11) is 0. The minimum atomic E-state index is -0.449. The van der Waals surface area contributed by atoms with Gasteiger partial charge in [0.2, 0.25) is 0 Å². The van der Waals surface area contributed by atoms with Crippen molar-refractivity contribution in [3.05, 3.63) is 36.2 Å². The van der Waals surface area contributed by atoms with Gasteiger partial charge in [-0.25, -0.2) is 14.8 Å². The lowest BCUT2D eigenvalue weighted by Crippen LogP contribution is -2.44. The van der Waals surface area contributed by atoms with E-state index < -0.39 is 6.10 Å². The average Bonchev–Trinajstić information content (AvgIpc) is 3.44. The number of aromatic nitrogens is 4. The zero-order valence-electron chi connectivity index (χ0n) is 20.8. The van der Waals surface area contributed by atoms with Crippen molar-refractivity contribution in [1.82, 2.24) is 24.5 Å². The van der Waals surface area contributed by atoms with Gasteiger partial charge < -0.3 is 20.6 Å². The average molecular weight is 490 g/mol. The summed E-state index contributed by atoms with van der Waals surface area (Å²) in [5.74, 6) is 1.62. The van der Waals surface area contributed by atoms with Crippen LogP contribution in [0, 0.1) is 11.3 Å². The third kappa shape index (κ3) is 4.52. The standard InChI is InChI=1S/C25H31N9O2/c1-25(2,3)33-12-11-32(24(33)36)22-10-6-9-20(30-22)29-18-13-21(28-17-7-4-5-8-19(17)35)31-34-16(14-26)15-27-23(18)34/h6,9-10,13,15,17,19,35H,4-5,7-8,11-12H2,1-3H3,(H,28,31)(H,29,30)/t17-,19-/m1/s1. The zero-order chi connectivity index (χ0) is 25.4. The quantitative estimate of drug-likeness (QED) is 0.496. The smallest absolute Gasteiger partial charge is 0.326 e. The van der Waals surface area contributed by atoms with Gasteiger partial charge in [0.1, 0.15) is 23.5 Å². The van der Waals surface area contributed by atoms with Gasteiger partial charge in [-0.2, -0.15) is 9.78 Å². The normalized spacial score (nSPS) is 20.6. The zero-order valence-corrected chi connectivity index (χ0v) is 20.8. The van der Waals surface area contributed by atoms with E-state index in [1.807, 2.05) is 49.9 Å². The number of nitriles is 1. The van der Waals surface area contributed by atoms with Crippen LogP contribution in [0.15, 0.2) is 30.5 Å². The summed E-state index contributed by atoms with van der Waals surface area (Å²) in [6.07, 6.45) is 4.66. The molecule has 1 saturated carbocycles. The Kier molecular flexibility index (Phi) is 6.14. The van der Waals surface area contributed by atoms with Crippen molar-refractivity contribution in [2.75, 3.05) is 28.6 Å². The molecular weight excluding hydrogens is 458 g/mol. The minimum absolute atomic E-state index is 0.0668. The maximum atomic E-state index is 13.0. The van der Waals surface area contributed by atoms with Gasteiger partial charge in [-0.3, -0.25) is 4.90 Å². The number of pyridine rings is 1. The molecule has 188 valence electrons. The van der Waals surface area contributed by atoms with E-state index in [1.165, 1.54) is 10.7 Å². The molecule has 36 heavy (non-hydrogen) atoms. The molecule has 2 aliphatic rings. The molecule has 3 aromatic heterocycles. The molecule has 11 nitrogen and oxygen atoms in total. The van der Waals surface area contributed by atoms with Crippen LogP contribution in [0.5, 0.6) is 0 Å². The second-order valence-electron chi connectivity index (χ2n) is 10.3. The second-order valence-corrected chi connectivity index (χ2v) is 10.3. The number of aliphatic hydroxyl groups is 1. The van der Waals surface area contributed by atoms with E-state index in [9.17, 15) is 15.2 Å². The van der Waals surface area contributed by atoms with Crippen LogP contribution in [0.1, 0.15) is 52.1 Å². The number of carbonyl (C=O) groups is 1. The Morgan fingerprint density at radius 2 is 1.97 bits per heavy atom. The van der Waals surface area contributed by atoms with E-state index in [-0.39, 0.29) is 17.6 Å². The summed E-state index contributed by atoms with van der Waals surface area (Å²) in [6.45, 7) is 7.26. The molecule has 3 aromatic rings. The third-order valence-electron chi connectivity index (χ3n) is 6.74. The number of fused-ring (bicyclic) bond motifs is 1. The maximum Gasteiger partial charge on any atom is 0.326 e. The lowest BCUT2D eigenvalue weighted by atomic mass is 9.92. The van der Waals surface area contributed by atoms with Crippen LogP contribution in [0.3, 0.4) is 0 Å². The van der Waals surface area contributed by atoms with E-state index in [0.717, 1.165) is 25.7 Å². The van der Waals surface area contributed by atoms with Gasteiger partial charge in [-0.05, 0) is 45.7 Å². The SMILES string of the molecule is CC(C)(C)N1CCN(c2cccc(Nc3cc(N[C@@H]4CCCC[C@H]4O)nn4c(C#N)cnc34)n2)C1=O. The summed E-state index contributed by atoms with van der Waals surface area (Å²) in [5.41, 5.74) is 1.11. The predicted octanol–water partition coefficient (Wildman–Crippen LogP) is 3.50. The van der Waals surface area contributed by atoms with E-state index in [1.54, 1.807) is 4.90 Å². The number of urea groups is 1. The highest BCUT2D eigenvalue weighted by atomic mass is 16.3.